The molecule has 6 nitrogen and oxygen atoms in total. The van der Waals surface area contributed by atoms with E-state index in [1.165, 1.54) is 17.4 Å². The molecule has 0 aliphatic rings. The van der Waals surface area contributed by atoms with Gasteiger partial charge in [0.15, 0.2) is 9.84 Å². The van der Waals surface area contributed by atoms with E-state index in [1.54, 1.807) is 25.1 Å². The molecule has 2 heterocycles. The minimum Gasteiger partial charge on any atom is -0.440 e. The number of amides is 1. The van der Waals surface area contributed by atoms with Crippen LogP contribution in [0.25, 0.3) is 10.8 Å². The van der Waals surface area contributed by atoms with Gasteiger partial charge in [0.1, 0.15) is 5.76 Å². The second kappa shape index (κ2) is 6.81. The molecule has 0 spiro atoms. The van der Waals surface area contributed by atoms with E-state index in [1.807, 2.05) is 17.5 Å². The van der Waals surface area contributed by atoms with Gasteiger partial charge >= 0.3 is 0 Å². The molecule has 1 N–H and O–H groups in total. The Morgan fingerprint density at radius 3 is 2.68 bits per heavy atom. The van der Waals surface area contributed by atoms with Crippen LogP contribution in [-0.2, 0) is 21.1 Å². The Labute approximate surface area is 149 Å². The lowest BCUT2D eigenvalue weighted by molar-refractivity contribution is -0.115. The van der Waals surface area contributed by atoms with Gasteiger partial charge in [0.05, 0.1) is 27.6 Å². The molecule has 3 rings (SSSR count). The molecule has 0 atom stereocenters. The van der Waals surface area contributed by atoms with Crippen LogP contribution in [0.1, 0.15) is 11.5 Å². The smallest absolute Gasteiger partial charge is 0.236 e. The fraction of sp³-hybridized carbons (Fsp3) is 0.176. The first-order valence-corrected chi connectivity index (χ1v) is 10.2. The van der Waals surface area contributed by atoms with Crippen LogP contribution >= 0.6 is 11.3 Å². The van der Waals surface area contributed by atoms with Crippen molar-refractivity contribution in [2.75, 3.05) is 11.6 Å². The lowest BCUT2D eigenvalue weighted by atomic mass is 10.2. The first-order chi connectivity index (χ1) is 11.8. The highest BCUT2D eigenvalue weighted by atomic mass is 32.2. The third-order valence-corrected chi connectivity index (χ3v) is 5.53. The zero-order valence-electron chi connectivity index (χ0n) is 13.6. The number of carbonyl (C=O) groups excluding carboxylic acids is 1. The second-order valence-corrected chi connectivity index (χ2v) is 8.42. The van der Waals surface area contributed by atoms with Crippen molar-refractivity contribution in [2.45, 2.75) is 18.2 Å². The maximum absolute atomic E-state index is 12.3. The van der Waals surface area contributed by atoms with E-state index in [2.05, 4.69) is 10.3 Å². The summed E-state index contributed by atoms with van der Waals surface area (Å²) in [6.45, 7) is 1.75. The van der Waals surface area contributed by atoms with E-state index in [0.29, 0.717) is 17.3 Å². The Morgan fingerprint density at radius 1 is 1.24 bits per heavy atom. The number of benzene rings is 1. The van der Waals surface area contributed by atoms with Gasteiger partial charge in [-0.25, -0.2) is 13.4 Å². The molecule has 130 valence electrons. The molecule has 0 fully saturated rings. The summed E-state index contributed by atoms with van der Waals surface area (Å²) in [7, 11) is -3.43. The average molecular weight is 376 g/mol. The van der Waals surface area contributed by atoms with E-state index in [0.717, 1.165) is 11.1 Å². The third-order valence-electron chi connectivity index (χ3n) is 3.51. The number of aryl methyl sites for hydroxylation is 1. The molecule has 1 aromatic carbocycles. The van der Waals surface area contributed by atoms with Crippen LogP contribution in [0.5, 0.6) is 0 Å². The number of nitrogens with one attached hydrogen (secondary N) is 1. The van der Waals surface area contributed by atoms with E-state index in [-0.39, 0.29) is 22.9 Å². The largest absolute Gasteiger partial charge is 0.440 e. The number of para-hydroxylation sites is 1. The monoisotopic (exact) mass is 376 g/mol. The summed E-state index contributed by atoms with van der Waals surface area (Å²) in [6.07, 6.45) is 1.10. The summed E-state index contributed by atoms with van der Waals surface area (Å²) in [5.74, 6) is 0.687. The summed E-state index contributed by atoms with van der Waals surface area (Å²) in [5.41, 5.74) is 0.785. The Kier molecular flexibility index (Phi) is 4.73. The number of oxazole rings is 1. The standard InChI is InChI=1S/C17H16N2O4S2/c1-11-13(19-17(23-11)14-7-5-9-24-14)10-16(20)18-12-6-3-4-8-15(12)25(2,21)22/h3-9H,10H2,1-2H3,(H,18,20). The van der Waals surface area contributed by atoms with Crippen molar-refractivity contribution in [3.05, 3.63) is 53.2 Å². The quantitative estimate of drug-likeness (QED) is 0.738. The number of rotatable bonds is 5. The molecule has 1 amide bonds. The van der Waals surface area contributed by atoms with E-state index >= 15 is 0 Å². The van der Waals surface area contributed by atoms with Gasteiger partial charge in [-0.1, -0.05) is 18.2 Å². The zero-order chi connectivity index (χ0) is 18.0. The van der Waals surface area contributed by atoms with Gasteiger partial charge in [0.2, 0.25) is 11.8 Å². The van der Waals surface area contributed by atoms with Crippen molar-refractivity contribution in [1.29, 1.82) is 0 Å². The van der Waals surface area contributed by atoms with Gasteiger partial charge in [-0.15, -0.1) is 11.3 Å². The van der Waals surface area contributed by atoms with Gasteiger partial charge in [0, 0.05) is 6.26 Å². The van der Waals surface area contributed by atoms with Crippen LogP contribution in [0, 0.1) is 6.92 Å². The van der Waals surface area contributed by atoms with Gasteiger partial charge in [-0.05, 0) is 30.5 Å². The highest BCUT2D eigenvalue weighted by Crippen LogP contribution is 2.26. The molecule has 8 heteroatoms. The van der Waals surface area contributed by atoms with Crippen molar-refractivity contribution < 1.29 is 17.6 Å². The Bertz CT molecular complexity index is 1010. The molecule has 0 saturated carbocycles. The van der Waals surface area contributed by atoms with Crippen molar-refractivity contribution in [1.82, 2.24) is 4.98 Å². The van der Waals surface area contributed by atoms with Crippen LogP contribution in [0.4, 0.5) is 5.69 Å². The normalized spacial score (nSPS) is 11.4. The van der Waals surface area contributed by atoms with Crippen LogP contribution < -0.4 is 5.32 Å². The molecule has 0 saturated heterocycles. The molecule has 2 aromatic heterocycles. The predicted octanol–water partition coefficient (Wildman–Crippen LogP) is 3.30. The molecular formula is C17H16N2O4S2. The maximum atomic E-state index is 12.3. The fourth-order valence-electron chi connectivity index (χ4n) is 2.34. The highest BCUT2D eigenvalue weighted by molar-refractivity contribution is 7.90. The third kappa shape index (κ3) is 3.97. The molecule has 0 bridgehead atoms. The van der Waals surface area contributed by atoms with Crippen LogP contribution in [0.15, 0.2) is 51.1 Å². The number of aromatic nitrogens is 1. The van der Waals surface area contributed by atoms with Crippen LogP contribution in [0.2, 0.25) is 0 Å². The lowest BCUT2D eigenvalue weighted by Crippen LogP contribution is -2.17. The molecule has 25 heavy (non-hydrogen) atoms. The Morgan fingerprint density at radius 2 is 2.00 bits per heavy atom. The average Bonchev–Trinajstić information content (AvgIpc) is 3.17. The van der Waals surface area contributed by atoms with Crippen molar-refractivity contribution in [2.24, 2.45) is 0 Å². The molecule has 0 unspecified atom stereocenters. The number of hydrogen-bond acceptors (Lipinski definition) is 6. The summed E-state index contributed by atoms with van der Waals surface area (Å²) in [6, 6.07) is 10.1. The number of thiophene rings is 1. The first-order valence-electron chi connectivity index (χ1n) is 7.43. The Balaban J connectivity index is 1.78. The van der Waals surface area contributed by atoms with Crippen molar-refractivity contribution >= 4 is 32.8 Å². The van der Waals surface area contributed by atoms with Crippen molar-refractivity contribution in [3.8, 4) is 10.8 Å². The SMILES string of the molecule is Cc1oc(-c2cccs2)nc1CC(=O)Nc1ccccc1S(C)(=O)=O. The number of anilines is 1. The molecule has 3 aromatic rings. The molecule has 0 aliphatic heterocycles. The number of hydrogen-bond donors (Lipinski definition) is 1. The Hall–Kier alpha value is -2.45. The highest BCUT2D eigenvalue weighted by Gasteiger charge is 2.18. The maximum Gasteiger partial charge on any atom is 0.236 e. The predicted molar refractivity (Wildman–Crippen MR) is 96.4 cm³/mol. The summed E-state index contributed by atoms with van der Waals surface area (Å²) >= 11 is 1.50. The lowest BCUT2D eigenvalue weighted by Gasteiger charge is -2.09. The topological polar surface area (TPSA) is 89.3 Å². The minimum atomic E-state index is -3.43. The zero-order valence-corrected chi connectivity index (χ0v) is 15.3. The van der Waals surface area contributed by atoms with E-state index in [9.17, 15) is 13.2 Å². The summed E-state index contributed by atoms with van der Waals surface area (Å²) in [4.78, 5) is 17.7. The number of carbonyl (C=O) groups is 1. The van der Waals surface area contributed by atoms with E-state index < -0.39 is 9.84 Å². The van der Waals surface area contributed by atoms with Gasteiger partial charge in [-0.2, -0.15) is 0 Å². The summed E-state index contributed by atoms with van der Waals surface area (Å²) in [5, 5.41) is 4.56. The first kappa shape index (κ1) is 17.4. The van der Waals surface area contributed by atoms with Gasteiger partial charge in [0.25, 0.3) is 0 Å². The molecule has 0 radical (unpaired) electrons. The minimum absolute atomic E-state index is 0.00119. The van der Waals surface area contributed by atoms with Crippen molar-refractivity contribution in [3.63, 3.8) is 0 Å². The molecular weight excluding hydrogens is 360 g/mol. The fourth-order valence-corrected chi connectivity index (χ4v) is 3.83. The number of sulfone groups is 1. The van der Waals surface area contributed by atoms with Crippen LogP contribution in [0.3, 0.4) is 0 Å². The molecule has 0 aliphatic carbocycles. The van der Waals surface area contributed by atoms with E-state index in [4.69, 9.17) is 4.42 Å². The van der Waals surface area contributed by atoms with Crippen LogP contribution in [-0.4, -0.2) is 25.6 Å². The summed E-state index contributed by atoms with van der Waals surface area (Å²) < 4.78 is 29.2. The number of nitrogens with zero attached hydrogens (tertiary/aromatic N) is 1. The van der Waals surface area contributed by atoms with Gasteiger partial charge < -0.3 is 9.73 Å². The van der Waals surface area contributed by atoms with Gasteiger partial charge in [-0.3, -0.25) is 4.79 Å². The second-order valence-electron chi connectivity index (χ2n) is 5.49.